The van der Waals surface area contributed by atoms with Crippen molar-refractivity contribution in [3.63, 3.8) is 0 Å². The zero-order valence-corrected chi connectivity index (χ0v) is 21.2. The van der Waals surface area contributed by atoms with Crippen LogP contribution in [0, 0.1) is 0 Å². The number of ether oxygens (including phenoxy) is 1. The molecule has 0 radical (unpaired) electrons. The number of hydrogen-bond acceptors (Lipinski definition) is 5. The zero-order chi connectivity index (χ0) is 23.8. The van der Waals surface area contributed by atoms with Crippen molar-refractivity contribution in [2.75, 3.05) is 6.61 Å². The number of alkyl halides is 1. The number of carbonyl (C=O) groups is 1. The van der Waals surface area contributed by atoms with Crippen LogP contribution in [0.5, 0.6) is 0 Å². The number of nitrogens with zero attached hydrogens (tertiary/aromatic N) is 1. The summed E-state index contributed by atoms with van der Waals surface area (Å²) < 4.78 is 8.81. The van der Waals surface area contributed by atoms with E-state index < -0.39 is 0 Å². The highest BCUT2D eigenvalue weighted by molar-refractivity contribution is 9.10. The fourth-order valence-electron chi connectivity index (χ4n) is 4.63. The molecule has 7 heteroatoms. The molecule has 2 aromatic heterocycles. The highest BCUT2D eigenvalue weighted by atomic mass is 79.9. The largest absolute Gasteiger partial charge is 0.465 e. The van der Waals surface area contributed by atoms with Crippen LogP contribution in [-0.2, 0) is 16.1 Å². The number of aromatic nitrogens is 1. The van der Waals surface area contributed by atoms with Gasteiger partial charge in [-0.15, -0.1) is 11.3 Å². The molecule has 0 aliphatic heterocycles. The van der Waals surface area contributed by atoms with Gasteiger partial charge < -0.3 is 4.74 Å². The summed E-state index contributed by atoms with van der Waals surface area (Å²) in [6.45, 7) is 2.51. The van der Waals surface area contributed by atoms with E-state index in [9.17, 15) is 14.4 Å². The van der Waals surface area contributed by atoms with Gasteiger partial charge in [0.05, 0.1) is 6.61 Å². The Morgan fingerprint density at radius 2 is 1.53 bits per heavy atom. The first-order valence-corrected chi connectivity index (χ1v) is 13.2. The number of unbranched alkanes of at least 4 members (excludes halogenated alkanes) is 3. The first-order valence-electron chi connectivity index (χ1n) is 11.5. The molecule has 0 spiro atoms. The SMILES string of the molecule is CC(Br)C(=O)OCCCCCCn1c(=O)c2ccc3sc4ccccc4c4ccc(c1=O)c2c34. The lowest BCUT2D eigenvalue weighted by Gasteiger charge is -2.14. The van der Waals surface area contributed by atoms with Gasteiger partial charge in [0.15, 0.2) is 0 Å². The number of fused-ring (bicyclic) bond motifs is 2. The van der Waals surface area contributed by atoms with E-state index in [0.717, 1.165) is 51.9 Å². The van der Waals surface area contributed by atoms with Crippen LogP contribution in [0.25, 0.3) is 41.7 Å². The van der Waals surface area contributed by atoms with E-state index in [2.05, 4.69) is 28.1 Å². The lowest BCUT2D eigenvalue weighted by Crippen LogP contribution is -2.33. The van der Waals surface area contributed by atoms with Crippen molar-refractivity contribution in [3.05, 3.63) is 69.2 Å². The van der Waals surface area contributed by atoms with Crippen molar-refractivity contribution in [1.29, 1.82) is 0 Å². The smallest absolute Gasteiger partial charge is 0.319 e. The van der Waals surface area contributed by atoms with Crippen molar-refractivity contribution >= 4 is 75.0 Å². The van der Waals surface area contributed by atoms with E-state index in [4.69, 9.17) is 4.74 Å². The standard InChI is InChI=1S/C27H24BrNO4S/c1-16(28)27(32)33-15-7-3-2-6-14-29-25(30)19-11-10-18-17-8-4-5-9-21(17)34-22-13-12-20(26(29)31)23(19)24(18)22/h4-5,8-13,16H,2-3,6-7,14-15H2,1H3. The molecule has 174 valence electrons. The summed E-state index contributed by atoms with van der Waals surface area (Å²) in [6, 6.07) is 16.0. The Kier molecular flexibility index (Phi) is 6.40. The van der Waals surface area contributed by atoms with E-state index in [1.54, 1.807) is 18.3 Å². The second-order valence-electron chi connectivity index (χ2n) is 8.58. The minimum atomic E-state index is -0.300. The van der Waals surface area contributed by atoms with Crippen LogP contribution in [0.3, 0.4) is 0 Å². The molecule has 5 nitrogen and oxygen atoms in total. The minimum absolute atomic E-state index is 0.217. The van der Waals surface area contributed by atoms with Gasteiger partial charge in [0.2, 0.25) is 0 Å². The van der Waals surface area contributed by atoms with Crippen molar-refractivity contribution < 1.29 is 9.53 Å². The van der Waals surface area contributed by atoms with E-state index in [-0.39, 0.29) is 21.9 Å². The summed E-state index contributed by atoms with van der Waals surface area (Å²) in [5.41, 5.74) is -0.435. The molecule has 3 aromatic carbocycles. The Labute approximate surface area is 208 Å². The van der Waals surface area contributed by atoms with Gasteiger partial charge in [0, 0.05) is 37.5 Å². The number of halogens is 1. The van der Waals surface area contributed by atoms with Crippen molar-refractivity contribution in [3.8, 4) is 0 Å². The molecule has 0 N–H and O–H groups in total. The maximum Gasteiger partial charge on any atom is 0.319 e. The Morgan fingerprint density at radius 1 is 0.853 bits per heavy atom. The van der Waals surface area contributed by atoms with Crippen LogP contribution < -0.4 is 11.1 Å². The fraction of sp³-hybridized carbons (Fsp3) is 0.296. The number of benzene rings is 3. The molecular formula is C27H24BrNO4S. The summed E-state index contributed by atoms with van der Waals surface area (Å²) in [6.07, 6.45) is 3.21. The van der Waals surface area contributed by atoms with Gasteiger partial charge >= 0.3 is 5.97 Å². The molecule has 0 saturated heterocycles. The molecule has 1 unspecified atom stereocenters. The highest BCUT2D eigenvalue weighted by Gasteiger charge is 2.18. The minimum Gasteiger partial charge on any atom is -0.465 e. The maximum atomic E-state index is 13.3. The summed E-state index contributed by atoms with van der Waals surface area (Å²) in [4.78, 5) is 37.8. The predicted molar refractivity (Wildman–Crippen MR) is 144 cm³/mol. The number of rotatable bonds is 8. The van der Waals surface area contributed by atoms with Crippen LogP contribution >= 0.6 is 27.3 Å². The molecule has 1 atom stereocenters. The maximum absolute atomic E-state index is 13.3. The van der Waals surface area contributed by atoms with E-state index >= 15 is 0 Å². The lowest BCUT2D eigenvalue weighted by atomic mass is 9.97. The molecule has 0 saturated carbocycles. The van der Waals surface area contributed by atoms with Crippen molar-refractivity contribution in [1.82, 2.24) is 4.57 Å². The monoisotopic (exact) mass is 537 g/mol. The van der Waals surface area contributed by atoms with Gasteiger partial charge in [-0.05, 0) is 61.2 Å². The van der Waals surface area contributed by atoms with Gasteiger partial charge in [-0.25, -0.2) is 0 Å². The third-order valence-electron chi connectivity index (χ3n) is 6.32. The van der Waals surface area contributed by atoms with E-state index in [1.165, 1.54) is 9.27 Å². The quantitative estimate of drug-likeness (QED) is 0.0775. The van der Waals surface area contributed by atoms with Crippen LogP contribution in [0.4, 0.5) is 0 Å². The van der Waals surface area contributed by atoms with Gasteiger partial charge in [0.1, 0.15) is 4.83 Å². The normalized spacial score (nSPS) is 12.8. The summed E-state index contributed by atoms with van der Waals surface area (Å²) in [5.74, 6) is -0.259. The van der Waals surface area contributed by atoms with Gasteiger partial charge in [-0.1, -0.05) is 46.6 Å². The lowest BCUT2D eigenvalue weighted by molar-refractivity contribution is -0.142. The molecule has 5 rings (SSSR count). The fourth-order valence-corrected chi connectivity index (χ4v) is 5.88. The van der Waals surface area contributed by atoms with Crippen molar-refractivity contribution in [2.45, 2.75) is 44.0 Å². The molecule has 0 fully saturated rings. The Balaban J connectivity index is 1.43. The third kappa shape index (κ3) is 4.01. The zero-order valence-electron chi connectivity index (χ0n) is 18.8. The highest BCUT2D eigenvalue weighted by Crippen LogP contribution is 2.39. The number of pyridine rings is 1. The van der Waals surface area contributed by atoms with E-state index in [0.29, 0.717) is 23.9 Å². The summed E-state index contributed by atoms with van der Waals surface area (Å²) >= 11 is 4.88. The van der Waals surface area contributed by atoms with Crippen molar-refractivity contribution in [2.24, 2.45) is 0 Å². The average Bonchev–Trinajstić information content (AvgIpc) is 2.84. The Bertz CT molecular complexity index is 1600. The topological polar surface area (TPSA) is 65.4 Å². The summed E-state index contributed by atoms with van der Waals surface area (Å²) in [7, 11) is 0. The molecule has 0 amide bonds. The molecule has 34 heavy (non-hydrogen) atoms. The van der Waals surface area contributed by atoms with Gasteiger partial charge in [-0.3, -0.25) is 19.0 Å². The second-order valence-corrected chi connectivity index (χ2v) is 11.0. The third-order valence-corrected chi connectivity index (χ3v) is 7.83. The first-order chi connectivity index (χ1) is 16.5. The predicted octanol–water partition coefficient (Wildman–Crippen LogP) is 6.21. The molecule has 0 aliphatic carbocycles. The molecule has 0 bridgehead atoms. The van der Waals surface area contributed by atoms with Gasteiger partial charge in [-0.2, -0.15) is 0 Å². The first kappa shape index (κ1) is 23.0. The van der Waals surface area contributed by atoms with E-state index in [1.807, 2.05) is 36.4 Å². The number of esters is 1. The Hall–Kier alpha value is -2.77. The van der Waals surface area contributed by atoms with Crippen LogP contribution in [0.15, 0.2) is 58.1 Å². The molecule has 5 aromatic rings. The average molecular weight is 538 g/mol. The molecule has 0 aliphatic rings. The molecular weight excluding hydrogens is 514 g/mol. The summed E-state index contributed by atoms with van der Waals surface area (Å²) in [5, 5.41) is 5.21. The Morgan fingerprint density at radius 3 is 2.29 bits per heavy atom. The van der Waals surface area contributed by atoms with Crippen LogP contribution in [0.1, 0.15) is 32.6 Å². The van der Waals surface area contributed by atoms with Crippen LogP contribution in [-0.4, -0.2) is 22.0 Å². The second kappa shape index (κ2) is 9.47. The number of hydrogen-bond donors (Lipinski definition) is 0. The molecule has 2 heterocycles. The van der Waals surface area contributed by atoms with Crippen LogP contribution in [0.2, 0.25) is 0 Å². The van der Waals surface area contributed by atoms with Gasteiger partial charge in [0.25, 0.3) is 11.1 Å². The number of carbonyl (C=O) groups excluding carboxylic acids is 1.